The van der Waals surface area contributed by atoms with Crippen LogP contribution >= 0.6 is 0 Å². The highest BCUT2D eigenvalue weighted by Gasteiger charge is 2.06. The van der Waals surface area contributed by atoms with Crippen molar-refractivity contribution >= 4 is 0 Å². The van der Waals surface area contributed by atoms with Crippen LogP contribution in [0, 0.1) is 6.92 Å². The summed E-state index contributed by atoms with van der Waals surface area (Å²) in [6.07, 6.45) is -0.385. The zero-order valence-corrected chi connectivity index (χ0v) is 9.40. The zero-order valence-electron chi connectivity index (χ0n) is 9.40. The van der Waals surface area contributed by atoms with Gasteiger partial charge in [0.15, 0.2) is 5.82 Å². The van der Waals surface area contributed by atoms with E-state index in [-0.39, 0.29) is 6.10 Å². The van der Waals surface area contributed by atoms with Gasteiger partial charge < -0.3 is 19.8 Å². The summed E-state index contributed by atoms with van der Waals surface area (Å²) in [6.45, 7) is 3.41. The highest BCUT2D eigenvalue weighted by atomic mass is 16.5. The monoisotopic (exact) mass is 214 g/mol. The minimum Gasteiger partial charge on any atom is -0.390 e. The molecule has 86 valence electrons. The van der Waals surface area contributed by atoms with Crippen molar-refractivity contribution < 1.29 is 9.63 Å². The maximum atomic E-state index is 9.53. The molecule has 0 aromatic carbocycles. The standard InChI is InChI=1S/C9H18N4O2/c1-7-11-9(15-12-7)5-10-4-8(14)6-13(2)3/h8,10,14H,4-6H2,1-3H3. The molecule has 0 spiro atoms. The lowest BCUT2D eigenvalue weighted by molar-refractivity contribution is 0.133. The molecule has 0 saturated heterocycles. The van der Waals surface area contributed by atoms with Crippen molar-refractivity contribution in [3.63, 3.8) is 0 Å². The Morgan fingerprint density at radius 2 is 2.27 bits per heavy atom. The molecule has 1 aromatic rings. The van der Waals surface area contributed by atoms with Crippen LogP contribution in [0.15, 0.2) is 4.52 Å². The fourth-order valence-corrected chi connectivity index (χ4v) is 1.24. The van der Waals surface area contributed by atoms with Gasteiger partial charge in [-0.1, -0.05) is 5.16 Å². The maximum absolute atomic E-state index is 9.53. The second kappa shape index (κ2) is 5.79. The quantitative estimate of drug-likeness (QED) is 0.658. The van der Waals surface area contributed by atoms with Crippen molar-refractivity contribution in [2.24, 2.45) is 0 Å². The average molecular weight is 214 g/mol. The van der Waals surface area contributed by atoms with Crippen LogP contribution in [0.5, 0.6) is 0 Å². The highest BCUT2D eigenvalue weighted by molar-refractivity contribution is 4.82. The van der Waals surface area contributed by atoms with Gasteiger partial charge in [-0.25, -0.2) is 0 Å². The summed E-state index contributed by atoms with van der Waals surface area (Å²) in [6, 6.07) is 0. The number of aryl methyl sites for hydroxylation is 1. The third-order valence-corrected chi connectivity index (χ3v) is 1.80. The number of aliphatic hydroxyl groups excluding tert-OH is 1. The summed E-state index contributed by atoms with van der Waals surface area (Å²) in [7, 11) is 3.84. The van der Waals surface area contributed by atoms with Gasteiger partial charge >= 0.3 is 0 Å². The number of aliphatic hydroxyl groups is 1. The van der Waals surface area contributed by atoms with Crippen LogP contribution < -0.4 is 5.32 Å². The first-order chi connectivity index (χ1) is 7.08. The fourth-order valence-electron chi connectivity index (χ4n) is 1.24. The van der Waals surface area contributed by atoms with Gasteiger partial charge in [-0.2, -0.15) is 4.98 Å². The third-order valence-electron chi connectivity index (χ3n) is 1.80. The van der Waals surface area contributed by atoms with E-state index in [1.807, 2.05) is 19.0 Å². The van der Waals surface area contributed by atoms with E-state index in [0.717, 1.165) is 0 Å². The van der Waals surface area contributed by atoms with Crippen LogP contribution in [0.3, 0.4) is 0 Å². The number of hydrogen-bond acceptors (Lipinski definition) is 6. The van der Waals surface area contributed by atoms with Crippen LogP contribution in [0.2, 0.25) is 0 Å². The summed E-state index contributed by atoms with van der Waals surface area (Å²) in [4.78, 5) is 5.97. The number of rotatable bonds is 6. The van der Waals surface area contributed by atoms with Gasteiger partial charge in [0.25, 0.3) is 0 Å². The molecular weight excluding hydrogens is 196 g/mol. The van der Waals surface area contributed by atoms with E-state index in [0.29, 0.717) is 31.3 Å². The second-order valence-corrected chi connectivity index (χ2v) is 3.78. The van der Waals surface area contributed by atoms with Gasteiger partial charge in [-0.3, -0.25) is 0 Å². The number of nitrogens with one attached hydrogen (secondary N) is 1. The van der Waals surface area contributed by atoms with E-state index in [1.54, 1.807) is 6.92 Å². The molecule has 1 atom stereocenters. The van der Waals surface area contributed by atoms with Crippen LogP contribution in [0.4, 0.5) is 0 Å². The van der Waals surface area contributed by atoms with E-state index in [4.69, 9.17) is 4.52 Å². The van der Waals surface area contributed by atoms with Gasteiger partial charge in [-0.15, -0.1) is 0 Å². The fraction of sp³-hybridized carbons (Fsp3) is 0.778. The highest BCUT2D eigenvalue weighted by Crippen LogP contribution is 1.94. The molecule has 1 rings (SSSR count). The first-order valence-corrected chi connectivity index (χ1v) is 4.90. The first-order valence-electron chi connectivity index (χ1n) is 4.90. The van der Waals surface area contributed by atoms with Gasteiger partial charge in [-0.05, 0) is 21.0 Å². The van der Waals surface area contributed by atoms with Gasteiger partial charge in [0.05, 0.1) is 12.6 Å². The summed E-state index contributed by atoms with van der Waals surface area (Å²) >= 11 is 0. The average Bonchev–Trinajstić information content (AvgIpc) is 2.50. The van der Waals surface area contributed by atoms with E-state index < -0.39 is 0 Å². The Bertz CT molecular complexity index is 287. The molecule has 1 aromatic heterocycles. The van der Waals surface area contributed by atoms with Crippen molar-refractivity contribution in [1.29, 1.82) is 0 Å². The van der Waals surface area contributed by atoms with E-state index in [2.05, 4.69) is 15.5 Å². The lowest BCUT2D eigenvalue weighted by Gasteiger charge is -2.15. The Labute approximate surface area is 89.3 Å². The first kappa shape index (κ1) is 12.1. The second-order valence-electron chi connectivity index (χ2n) is 3.78. The molecule has 0 saturated carbocycles. The summed E-state index contributed by atoms with van der Waals surface area (Å²) < 4.78 is 4.91. The maximum Gasteiger partial charge on any atom is 0.240 e. The minimum absolute atomic E-state index is 0.385. The van der Waals surface area contributed by atoms with Crippen molar-refractivity contribution in [2.75, 3.05) is 27.2 Å². The molecule has 0 aliphatic heterocycles. The molecule has 0 aliphatic carbocycles. The molecule has 0 amide bonds. The Kier molecular flexibility index (Phi) is 4.67. The third kappa shape index (κ3) is 4.87. The molecule has 15 heavy (non-hydrogen) atoms. The minimum atomic E-state index is -0.385. The van der Waals surface area contributed by atoms with Gasteiger partial charge in [0.1, 0.15) is 0 Å². The van der Waals surface area contributed by atoms with Crippen molar-refractivity contribution in [3.05, 3.63) is 11.7 Å². The SMILES string of the molecule is Cc1noc(CNCC(O)CN(C)C)n1. The van der Waals surface area contributed by atoms with Crippen LogP contribution in [0.25, 0.3) is 0 Å². The molecule has 0 aliphatic rings. The molecule has 6 nitrogen and oxygen atoms in total. The smallest absolute Gasteiger partial charge is 0.240 e. The van der Waals surface area contributed by atoms with Crippen molar-refractivity contribution in [2.45, 2.75) is 19.6 Å². The zero-order chi connectivity index (χ0) is 11.3. The normalized spacial score (nSPS) is 13.4. The molecule has 1 heterocycles. The molecule has 6 heteroatoms. The predicted octanol–water partition coefficient (Wildman–Crippen LogP) is -0.610. The van der Waals surface area contributed by atoms with Crippen LogP contribution in [-0.2, 0) is 6.54 Å². The van der Waals surface area contributed by atoms with Gasteiger partial charge in [0, 0.05) is 13.1 Å². The Balaban J connectivity index is 2.16. The Morgan fingerprint density at radius 3 is 2.80 bits per heavy atom. The van der Waals surface area contributed by atoms with Crippen molar-refractivity contribution in [1.82, 2.24) is 20.4 Å². The lowest BCUT2D eigenvalue weighted by atomic mass is 10.3. The van der Waals surface area contributed by atoms with E-state index >= 15 is 0 Å². The summed E-state index contributed by atoms with van der Waals surface area (Å²) in [5, 5.41) is 16.2. The Morgan fingerprint density at radius 1 is 1.53 bits per heavy atom. The largest absolute Gasteiger partial charge is 0.390 e. The molecule has 0 radical (unpaired) electrons. The molecule has 0 fully saturated rings. The summed E-state index contributed by atoms with van der Waals surface area (Å²) in [5.41, 5.74) is 0. The Hall–Kier alpha value is -0.980. The van der Waals surface area contributed by atoms with Crippen LogP contribution in [-0.4, -0.2) is 53.4 Å². The number of aromatic nitrogens is 2. The van der Waals surface area contributed by atoms with E-state index in [9.17, 15) is 5.11 Å². The van der Waals surface area contributed by atoms with Crippen LogP contribution in [0.1, 0.15) is 11.7 Å². The number of nitrogens with zero attached hydrogens (tertiary/aromatic N) is 3. The molecular formula is C9H18N4O2. The van der Waals surface area contributed by atoms with Gasteiger partial charge in [0.2, 0.25) is 5.89 Å². The molecule has 2 N–H and O–H groups in total. The summed E-state index contributed by atoms with van der Waals surface area (Å²) in [5.74, 6) is 1.17. The number of likely N-dealkylation sites (N-methyl/N-ethyl adjacent to an activating group) is 1. The molecule has 1 unspecified atom stereocenters. The van der Waals surface area contributed by atoms with Crippen molar-refractivity contribution in [3.8, 4) is 0 Å². The lowest BCUT2D eigenvalue weighted by Crippen LogP contribution is -2.34. The topological polar surface area (TPSA) is 74.4 Å². The van der Waals surface area contributed by atoms with E-state index in [1.165, 1.54) is 0 Å². The molecule has 0 bridgehead atoms. The predicted molar refractivity (Wildman–Crippen MR) is 55.3 cm³/mol. The number of hydrogen-bond donors (Lipinski definition) is 2.